The number of piperidine rings is 1. The highest BCUT2D eigenvalue weighted by Crippen LogP contribution is 2.55. The molecule has 160 valence electrons. The Balaban J connectivity index is 1.44. The number of rotatable bonds is 4. The molecule has 4 rings (SSSR count). The quantitative estimate of drug-likeness (QED) is 0.654. The Kier molecular flexibility index (Phi) is 6.08. The van der Waals surface area contributed by atoms with Crippen molar-refractivity contribution in [1.29, 1.82) is 0 Å². The van der Waals surface area contributed by atoms with Crippen LogP contribution in [0.2, 0.25) is 5.02 Å². The van der Waals surface area contributed by atoms with E-state index in [0.717, 1.165) is 55.3 Å². The van der Waals surface area contributed by atoms with Gasteiger partial charge in [0.05, 0.1) is 0 Å². The number of hydrogen-bond donors (Lipinski definition) is 1. The first kappa shape index (κ1) is 21.2. The highest BCUT2D eigenvalue weighted by Gasteiger charge is 2.54. The van der Waals surface area contributed by atoms with Crippen LogP contribution in [0.4, 0.5) is 10.5 Å². The van der Waals surface area contributed by atoms with Gasteiger partial charge in [-0.2, -0.15) is 0 Å². The van der Waals surface area contributed by atoms with E-state index in [2.05, 4.69) is 36.2 Å². The standard InChI is InChI=1S/C25H32ClN3O/c1-18(2)16-29-17-25(23(29)20-8-10-21(26)11-9-20)12-14-28(15-13-25)24(30)27-22-7-5-4-6-19(22)3/h4-11,18,23H,12-17H2,1-3H3,(H,27,30). The van der Waals surface area contributed by atoms with Crippen molar-refractivity contribution in [3.8, 4) is 0 Å². The van der Waals surface area contributed by atoms with Crippen molar-refractivity contribution >= 4 is 23.3 Å². The molecule has 4 nitrogen and oxygen atoms in total. The number of halogens is 1. The molecule has 0 aromatic heterocycles. The number of para-hydroxylation sites is 1. The molecule has 2 aromatic rings. The fraction of sp³-hybridized carbons (Fsp3) is 0.480. The van der Waals surface area contributed by atoms with Crippen molar-refractivity contribution in [2.75, 3.05) is 31.5 Å². The molecule has 2 heterocycles. The minimum absolute atomic E-state index is 0.0144. The molecular weight excluding hydrogens is 394 g/mol. The summed E-state index contributed by atoms with van der Waals surface area (Å²) in [6, 6.07) is 16.7. The SMILES string of the molecule is Cc1ccccc1NC(=O)N1CCC2(CC1)CN(CC(C)C)C2c1ccc(Cl)cc1. The van der Waals surface area contributed by atoms with Gasteiger partial charge in [0, 0.05) is 48.3 Å². The Morgan fingerprint density at radius 2 is 1.80 bits per heavy atom. The lowest BCUT2D eigenvalue weighted by Gasteiger charge is -2.61. The number of urea groups is 1. The van der Waals surface area contributed by atoms with Crippen molar-refractivity contribution in [2.45, 2.75) is 39.7 Å². The fourth-order valence-electron chi connectivity index (χ4n) is 5.20. The van der Waals surface area contributed by atoms with Gasteiger partial charge in [-0.15, -0.1) is 0 Å². The number of amides is 2. The monoisotopic (exact) mass is 425 g/mol. The number of nitrogens with zero attached hydrogens (tertiary/aromatic N) is 2. The predicted octanol–water partition coefficient (Wildman–Crippen LogP) is 5.98. The molecule has 1 spiro atoms. The van der Waals surface area contributed by atoms with E-state index in [1.54, 1.807) is 0 Å². The molecule has 2 fully saturated rings. The second-order valence-corrected chi connectivity index (χ2v) is 9.81. The number of aryl methyl sites for hydroxylation is 1. The Morgan fingerprint density at radius 1 is 1.13 bits per heavy atom. The van der Waals surface area contributed by atoms with Crippen LogP contribution in [0.3, 0.4) is 0 Å². The summed E-state index contributed by atoms with van der Waals surface area (Å²) < 4.78 is 0. The summed E-state index contributed by atoms with van der Waals surface area (Å²) in [4.78, 5) is 17.4. The van der Waals surface area contributed by atoms with E-state index < -0.39 is 0 Å². The zero-order valence-electron chi connectivity index (χ0n) is 18.2. The van der Waals surface area contributed by atoms with Gasteiger partial charge in [0.25, 0.3) is 0 Å². The van der Waals surface area contributed by atoms with E-state index in [0.29, 0.717) is 12.0 Å². The second-order valence-electron chi connectivity index (χ2n) is 9.37. The number of hydrogen-bond acceptors (Lipinski definition) is 2. The molecule has 2 amide bonds. The molecule has 0 saturated carbocycles. The molecule has 1 atom stereocenters. The Hall–Kier alpha value is -2.04. The highest BCUT2D eigenvalue weighted by molar-refractivity contribution is 6.30. The minimum atomic E-state index is 0.0144. The van der Waals surface area contributed by atoms with E-state index in [-0.39, 0.29) is 11.4 Å². The molecule has 1 N–H and O–H groups in total. The molecule has 0 radical (unpaired) electrons. The van der Waals surface area contributed by atoms with Crippen LogP contribution in [-0.4, -0.2) is 42.0 Å². The number of benzene rings is 2. The number of likely N-dealkylation sites (tertiary alicyclic amines) is 2. The highest BCUT2D eigenvalue weighted by atomic mass is 35.5. The van der Waals surface area contributed by atoms with Gasteiger partial charge < -0.3 is 10.2 Å². The van der Waals surface area contributed by atoms with Crippen LogP contribution in [-0.2, 0) is 0 Å². The van der Waals surface area contributed by atoms with Crippen molar-refractivity contribution in [2.24, 2.45) is 11.3 Å². The maximum Gasteiger partial charge on any atom is 0.321 e. The smallest absolute Gasteiger partial charge is 0.321 e. The van der Waals surface area contributed by atoms with Crippen LogP contribution < -0.4 is 5.32 Å². The summed E-state index contributed by atoms with van der Waals surface area (Å²) in [5.41, 5.74) is 3.59. The van der Waals surface area contributed by atoms with Gasteiger partial charge in [0.15, 0.2) is 0 Å². The maximum absolute atomic E-state index is 12.8. The molecule has 2 aliphatic heterocycles. The van der Waals surface area contributed by atoms with Crippen LogP contribution in [0.15, 0.2) is 48.5 Å². The van der Waals surface area contributed by atoms with E-state index in [1.807, 2.05) is 48.2 Å². The Bertz CT molecular complexity index is 888. The van der Waals surface area contributed by atoms with Crippen LogP contribution >= 0.6 is 11.6 Å². The Morgan fingerprint density at radius 3 is 2.43 bits per heavy atom. The average molecular weight is 426 g/mol. The summed E-state index contributed by atoms with van der Waals surface area (Å²) in [6.07, 6.45) is 2.08. The summed E-state index contributed by atoms with van der Waals surface area (Å²) in [5, 5.41) is 3.87. The third-order valence-electron chi connectivity index (χ3n) is 6.68. The fourth-order valence-corrected chi connectivity index (χ4v) is 5.33. The van der Waals surface area contributed by atoms with Crippen molar-refractivity contribution in [3.63, 3.8) is 0 Å². The maximum atomic E-state index is 12.8. The van der Waals surface area contributed by atoms with Gasteiger partial charge in [-0.3, -0.25) is 4.90 Å². The van der Waals surface area contributed by atoms with Crippen molar-refractivity contribution < 1.29 is 4.79 Å². The summed E-state index contributed by atoms with van der Waals surface area (Å²) in [5.74, 6) is 0.636. The molecular formula is C25H32ClN3O. The zero-order chi connectivity index (χ0) is 21.3. The third kappa shape index (κ3) is 4.21. The molecule has 5 heteroatoms. The minimum Gasteiger partial charge on any atom is -0.324 e. The van der Waals surface area contributed by atoms with Crippen LogP contribution in [0.25, 0.3) is 0 Å². The first-order valence-electron chi connectivity index (χ1n) is 11.0. The summed E-state index contributed by atoms with van der Waals surface area (Å²) >= 11 is 6.14. The van der Waals surface area contributed by atoms with Gasteiger partial charge in [-0.1, -0.05) is 55.8 Å². The predicted molar refractivity (Wildman–Crippen MR) is 124 cm³/mol. The first-order valence-corrected chi connectivity index (χ1v) is 11.4. The van der Waals surface area contributed by atoms with Crippen LogP contribution in [0.1, 0.15) is 43.9 Å². The zero-order valence-corrected chi connectivity index (χ0v) is 19.0. The van der Waals surface area contributed by atoms with Crippen molar-refractivity contribution in [3.05, 3.63) is 64.7 Å². The number of anilines is 1. The topological polar surface area (TPSA) is 35.6 Å². The molecule has 1 unspecified atom stereocenters. The molecule has 2 saturated heterocycles. The lowest BCUT2D eigenvalue weighted by atomic mass is 9.63. The van der Waals surface area contributed by atoms with E-state index in [4.69, 9.17) is 11.6 Å². The summed E-state index contributed by atoms with van der Waals surface area (Å²) in [7, 11) is 0. The van der Waals surface area contributed by atoms with E-state index in [1.165, 1.54) is 5.56 Å². The number of carbonyl (C=O) groups excluding carboxylic acids is 1. The summed E-state index contributed by atoms with van der Waals surface area (Å²) in [6.45, 7) is 10.4. The van der Waals surface area contributed by atoms with E-state index in [9.17, 15) is 4.79 Å². The van der Waals surface area contributed by atoms with E-state index >= 15 is 0 Å². The lowest BCUT2D eigenvalue weighted by Crippen LogP contribution is -2.63. The largest absolute Gasteiger partial charge is 0.324 e. The normalized spacial score (nSPS) is 21.0. The van der Waals surface area contributed by atoms with Gasteiger partial charge in [0.1, 0.15) is 0 Å². The third-order valence-corrected chi connectivity index (χ3v) is 6.93. The van der Waals surface area contributed by atoms with Crippen LogP contribution in [0, 0.1) is 18.3 Å². The van der Waals surface area contributed by atoms with Gasteiger partial charge in [-0.05, 0) is 55.0 Å². The van der Waals surface area contributed by atoms with Gasteiger partial charge >= 0.3 is 6.03 Å². The Labute approximate surface area is 185 Å². The molecule has 2 aliphatic rings. The number of carbonyl (C=O) groups is 1. The number of nitrogens with one attached hydrogen (secondary N) is 1. The average Bonchev–Trinajstić information content (AvgIpc) is 2.71. The molecule has 0 bridgehead atoms. The lowest BCUT2D eigenvalue weighted by molar-refractivity contribution is -0.111. The molecule has 2 aromatic carbocycles. The molecule has 30 heavy (non-hydrogen) atoms. The van der Waals surface area contributed by atoms with Gasteiger partial charge in [-0.25, -0.2) is 4.79 Å². The molecule has 0 aliphatic carbocycles. The first-order chi connectivity index (χ1) is 14.4. The van der Waals surface area contributed by atoms with Gasteiger partial charge in [0.2, 0.25) is 0 Å². The van der Waals surface area contributed by atoms with Crippen LogP contribution in [0.5, 0.6) is 0 Å². The van der Waals surface area contributed by atoms with Crippen molar-refractivity contribution in [1.82, 2.24) is 9.80 Å². The second kappa shape index (κ2) is 8.60.